The van der Waals surface area contributed by atoms with Crippen LogP contribution in [0.5, 0.6) is 0 Å². The molecular weight excluding hydrogens is 332 g/mol. The van der Waals surface area contributed by atoms with Crippen molar-refractivity contribution < 1.29 is 26.4 Å². The van der Waals surface area contributed by atoms with Crippen LogP contribution in [0.15, 0.2) is 0 Å². The van der Waals surface area contributed by atoms with Gasteiger partial charge in [0.2, 0.25) is 10.0 Å². The SMILES string of the molecule is CC(C)(C)OC(=O)NCCN(C1CCS(=O)(=O)C1)S(C)(=O)=O. The Kier molecular flexibility index (Phi) is 5.85. The van der Waals surface area contributed by atoms with Gasteiger partial charge < -0.3 is 10.1 Å². The van der Waals surface area contributed by atoms with Crippen LogP contribution < -0.4 is 5.32 Å². The first-order chi connectivity index (χ1) is 9.80. The largest absolute Gasteiger partial charge is 0.444 e. The number of hydrogen-bond acceptors (Lipinski definition) is 6. The molecule has 1 aliphatic rings. The van der Waals surface area contributed by atoms with E-state index in [0.29, 0.717) is 0 Å². The first kappa shape index (κ1) is 19.2. The molecule has 1 heterocycles. The van der Waals surface area contributed by atoms with E-state index in [-0.39, 0.29) is 31.0 Å². The molecule has 1 aliphatic heterocycles. The van der Waals surface area contributed by atoms with Crippen molar-refractivity contribution in [2.24, 2.45) is 0 Å². The van der Waals surface area contributed by atoms with E-state index in [4.69, 9.17) is 4.74 Å². The summed E-state index contributed by atoms with van der Waals surface area (Å²) in [7, 11) is -6.74. The molecule has 1 atom stereocenters. The number of sulfone groups is 1. The molecule has 0 aromatic heterocycles. The van der Waals surface area contributed by atoms with Crippen LogP contribution in [0.25, 0.3) is 0 Å². The number of carbonyl (C=O) groups excluding carboxylic acids is 1. The molecule has 0 aromatic carbocycles. The van der Waals surface area contributed by atoms with Crippen molar-refractivity contribution in [3.05, 3.63) is 0 Å². The quantitative estimate of drug-likeness (QED) is 0.740. The van der Waals surface area contributed by atoms with E-state index in [1.165, 1.54) is 0 Å². The molecule has 130 valence electrons. The Bertz CT molecular complexity index is 606. The molecule has 1 fully saturated rings. The van der Waals surface area contributed by atoms with Gasteiger partial charge in [-0.05, 0) is 27.2 Å². The monoisotopic (exact) mass is 356 g/mol. The van der Waals surface area contributed by atoms with E-state index in [2.05, 4.69) is 5.32 Å². The van der Waals surface area contributed by atoms with E-state index < -0.39 is 37.6 Å². The summed E-state index contributed by atoms with van der Waals surface area (Å²) in [6.45, 7) is 5.23. The molecule has 1 amide bonds. The maximum Gasteiger partial charge on any atom is 0.407 e. The molecule has 0 bridgehead atoms. The molecule has 1 unspecified atom stereocenters. The molecule has 8 nitrogen and oxygen atoms in total. The van der Waals surface area contributed by atoms with Crippen molar-refractivity contribution in [1.29, 1.82) is 0 Å². The summed E-state index contributed by atoms with van der Waals surface area (Å²) < 4.78 is 52.8. The molecule has 10 heteroatoms. The van der Waals surface area contributed by atoms with E-state index in [0.717, 1.165) is 10.6 Å². The van der Waals surface area contributed by atoms with E-state index in [9.17, 15) is 21.6 Å². The average molecular weight is 356 g/mol. The average Bonchev–Trinajstić information content (AvgIpc) is 2.60. The van der Waals surface area contributed by atoms with E-state index in [1.807, 2.05) is 0 Å². The Morgan fingerprint density at radius 3 is 2.36 bits per heavy atom. The van der Waals surface area contributed by atoms with Crippen LogP contribution in [0.3, 0.4) is 0 Å². The highest BCUT2D eigenvalue weighted by atomic mass is 32.2. The van der Waals surface area contributed by atoms with Gasteiger partial charge in [0.05, 0.1) is 17.8 Å². The predicted molar refractivity (Wildman–Crippen MR) is 82.8 cm³/mol. The maximum absolute atomic E-state index is 11.8. The third-order valence-electron chi connectivity index (χ3n) is 3.04. The molecule has 1 rings (SSSR count). The fourth-order valence-electron chi connectivity index (χ4n) is 2.20. The molecule has 0 aliphatic carbocycles. The summed E-state index contributed by atoms with van der Waals surface area (Å²) in [5.41, 5.74) is -0.639. The highest BCUT2D eigenvalue weighted by Gasteiger charge is 2.36. The third-order valence-corrected chi connectivity index (χ3v) is 6.13. The zero-order valence-electron chi connectivity index (χ0n) is 13.3. The van der Waals surface area contributed by atoms with E-state index in [1.54, 1.807) is 20.8 Å². The zero-order chi connectivity index (χ0) is 17.2. The topological polar surface area (TPSA) is 110 Å². The van der Waals surface area contributed by atoms with Crippen LogP contribution >= 0.6 is 0 Å². The van der Waals surface area contributed by atoms with Crippen molar-refractivity contribution in [2.45, 2.75) is 38.8 Å². The molecule has 0 saturated carbocycles. The second-order valence-electron chi connectivity index (χ2n) is 6.36. The Labute approximate surface area is 132 Å². The van der Waals surface area contributed by atoms with Crippen LogP contribution in [0.1, 0.15) is 27.2 Å². The number of hydrogen-bond donors (Lipinski definition) is 1. The maximum atomic E-state index is 11.8. The van der Waals surface area contributed by atoms with Crippen LogP contribution in [-0.4, -0.2) is 69.7 Å². The van der Waals surface area contributed by atoms with Gasteiger partial charge in [0, 0.05) is 19.1 Å². The van der Waals surface area contributed by atoms with Crippen LogP contribution in [0.2, 0.25) is 0 Å². The highest BCUT2D eigenvalue weighted by Crippen LogP contribution is 2.19. The molecule has 22 heavy (non-hydrogen) atoms. The lowest BCUT2D eigenvalue weighted by Gasteiger charge is -2.26. The summed E-state index contributed by atoms with van der Waals surface area (Å²) in [6.07, 6.45) is 0.674. The number of alkyl carbamates (subject to hydrolysis) is 1. The van der Waals surface area contributed by atoms with Crippen molar-refractivity contribution in [3.8, 4) is 0 Å². The first-order valence-electron chi connectivity index (χ1n) is 6.94. The summed E-state index contributed by atoms with van der Waals surface area (Å²) in [4.78, 5) is 11.5. The van der Waals surface area contributed by atoms with Gasteiger partial charge in [-0.25, -0.2) is 21.6 Å². The van der Waals surface area contributed by atoms with Gasteiger partial charge in [-0.3, -0.25) is 0 Å². The number of carbonyl (C=O) groups is 1. The van der Waals surface area contributed by atoms with Crippen molar-refractivity contribution in [2.75, 3.05) is 30.9 Å². The second kappa shape index (κ2) is 6.71. The zero-order valence-corrected chi connectivity index (χ0v) is 15.0. The highest BCUT2D eigenvalue weighted by molar-refractivity contribution is 7.92. The Hall–Kier alpha value is -0.870. The lowest BCUT2D eigenvalue weighted by molar-refractivity contribution is 0.0524. The summed E-state index contributed by atoms with van der Waals surface area (Å²) >= 11 is 0. The molecule has 0 radical (unpaired) electrons. The lowest BCUT2D eigenvalue weighted by Crippen LogP contribution is -2.45. The van der Waals surface area contributed by atoms with Crippen molar-refractivity contribution in [3.63, 3.8) is 0 Å². The Balaban J connectivity index is 2.60. The normalized spacial score (nSPS) is 21.8. The summed E-state index contributed by atoms with van der Waals surface area (Å²) in [6, 6.07) is -0.569. The lowest BCUT2D eigenvalue weighted by atomic mass is 10.2. The van der Waals surface area contributed by atoms with Crippen molar-refractivity contribution in [1.82, 2.24) is 9.62 Å². The van der Waals surface area contributed by atoms with Gasteiger partial charge in [0.25, 0.3) is 0 Å². The fourth-order valence-corrected chi connectivity index (χ4v) is 5.17. The second-order valence-corrected chi connectivity index (χ2v) is 10.5. The fraction of sp³-hybridized carbons (Fsp3) is 0.917. The summed E-state index contributed by atoms with van der Waals surface area (Å²) in [5.74, 6) is -0.185. The van der Waals surface area contributed by atoms with Crippen LogP contribution in [0.4, 0.5) is 4.79 Å². The number of amides is 1. The number of nitrogens with one attached hydrogen (secondary N) is 1. The van der Waals surface area contributed by atoms with Crippen LogP contribution in [0, 0.1) is 0 Å². The van der Waals surface area contributed by atoms with Gasteiger partial charge in [0.15, 0.2) is 9.84 Å². The minimum Gasteiger partial charge on any atom is -0.444 e. The molecule has 1 N–H and O–H groups in total. The molecule has 0 spiro atoms. The van der Waals surface area contributed by atoms with Gasteiger partial charge in [-0.15, -0.1) is 0 Å². The first-order valence-corrected chi connectivity index (χ1v) is 10.6. The van der Waals surface area contributed by atoms with Crippen molar-refractivity contribution >= 4 is 26.0 Å². The van der Waals surface area contributed by atoms with Gasteiger partial charge in [0.1, 0.15) is 5.60 Å². The number of nitrogens with zero attached hydrogens (tertiary/aromatic N) is 1. The number of ether oxygens (including phenoxy) is 1. The van der Waals surface area contributed by atoms with E-state index >= 15 is 0 Å². The minimum atomic E-state index is -3.55. The minimum absolute atomic E-state index is 0.0107. The molecular formula is C12H24N2O6S2. The number of sulfonamides is 1. The van der Waals surface area contributed by atoms with Gasteiger partial charge >= 0.3 is 6.09 Å². The molecule has 0 aromatic rings. The summed E-state index contributed by atoms with van der Waals surface area (Å²) in [5, 5.41) is 2.47. The third kappa shape index (κ3) is 6.49. The Morgan fingerprint density at radius 1 is 1.36 bits per heavy atom. The van der Waals surface area contributed by atoms with Crippen LogP contribution in [-0.2, 0) is 24.6 Å². The Morgan fingerprint density at radius 2 is 1.95 bits per heavy atom. The van der Waals surface area contributed by atoms with Gasteiger partial charge in [-0.2, -0.15) is 4.31 Å². The standard InChI is InChI=1S/C12H24N2O6S2/c1-12(2,3)20-11(15)13-6-7-14(21(4,16)17)10-5-8-22(18,19)9-10/h10H,5-9H2,1-4H3,(H,13,15). The van der Waals surface area contributed by atoms with Gasteiger partial charge in [-0.1, -0.05) is 0 Å². The molecule has 1 saturated heterocycles. The predicted octanol–water partition coefficient (Wildman–Crippen LogP) is -0.0402. The number of rotatable bonds is 5. The smallest absolute Gasteiger partial charge is 0.407 e.